The van der Waals surface area contributed by atoms with E-state index >= 15 is 0 Å². The molecule has 3 aromatic carbocycles. The minimum absolute atomic E-state index is 0.400. The normalized spacial score (nSPS) is 11.1. The standard InChI is InChI=1S/C32H36O4/c1-3-5-7-8-9-10-24-11-13-25(14-12-24)31-23-27-22-26(15-20-30(27)36-31)32(33)35-29-18-16-28(17-19-29)34-21-6-4-2/h11-20,22-23H,3-10,21H2,1-2H3. The Labute approximate surface area is 214 Å². The van der Waals surface area contributed by atoms with Crippen LogP contribution in [0.2, 0.25) is 0 Å². The van der Waals surface area contributed by atoms with Crippen LogP contribution in [0, 0.1) is 0 Å². The Balaban J connectivity index is 1.37. The largest absolute Gasteiger partial charge is 0.494 e. The van der Waals surface area contributed by atoms with Crippen LogP contribution >= 0.6 is 0 Å². The van der Waals surface area contributed by atoms with E-state index in [2.05, 4.69) is 38.1 Å². The molecule has 0 radical (unpaired) electrons. The van der Waals surface area contributed by atoms with Crippen molar-refractivity contribution >= 4 is 16.9 Å². The van der Waals surface area contributed by atoms with Gasteiger partial charge in [0.15, 0.2) is 0 Å². The maximum atomic E-state index is 12.7. The highest BCUT2D eigenvalue weighted by Gasteiger charge is 2.13. The molecule has 0 aliphatic carbocycles. The summed E-state index contributed by atoms with van der Waals surface area (Å²) in [6, 6.07) is 23.1. The first kappa shape index (κ1) is 25.6. The Bertz CT molecular complexity index is 1240. The number of aryl methyl sites for hydroxylation is 1. The van der Waals surface area contributed by atoms with Gasteiger partial charge >= 0.3 is 5.97 Å². The van der Waals surface area contributed by atoms with Gasteiger partial charge in [0, 0.05) is 10.9 Å². The van der Waals surface area contributed by atoms with Crippen LogP contribution in [-0.2, 0) is 6.42 Å². The minimum Gasteiger partial charge on any atom is -0.494 e. The van der Waals surface area contributed by atoms with Gasteiger partial charge < -0.3 is 13.9 Å². The summed E-state index contributed by atoms with van der Waals surface area (Å²) in [4.78, 5) is 12.7. The summed E-state index contributed by atoms with van der Waals surface area (Å²) in [5.74, 6) is 1.66. The van der Waals surface area contributed by atoms with Gasteiger partial charge in [-0.2, -0.15) is 0 Å². The van der Waals surface area contributed by atoms with Gasteiger partial charge in [0.05, 0.1) is 12.2 Å². The monoisotopic (exact) mass is 484 g/mol. The Morgan fingerprint density at radius 2 is 1.47 bits per heavy atom. The average Bonchev–Trinajstić information content (AvgIpc) is 3.33. The molecule has 0 bridgehead atoms. The van der Waals surface area contributed by atoms with Gasteiger partial charge in [-0.25, -0.2) is 4.79 Å². The number of hydrogen-bond donors (Lipinski definition) is 0. The van der Waals surface area contributed by atoms with Crippen LogP contribution in [0.4, 0.5) is 0 Å². The predicted molar refractivity (Wildman–Crippen MR) is 146 cm³/mol. The molecule has 0 saturated carbocycles. The quantitative estimate of drug-likeness (QED) is 0.108. The van der Waals surface area contributed by atoms with Gasteiger partial charge in [0.1, 0.15) is 22.8 Å². The number of fused-ring (bicyclic) bond motifs is 1. The van der Waals surface area contributed by atoms with E-state index < -0.39 is 5.97 Å². The predicted octanol–water partition coefficient (Wildman–Crippen LogP) is 9.01. The SMILES string of the molecule is CCCCCCCc1ccc(-c2cc3cc(C(=O)Oc4ccc(OCCCC)cc4)ccc3o2)cc1. The van der Waals surface area contributed by atoms with Crippen LogP contribution in [0.15, 0.2) is 77.2 Å². The van der Waals surface area contributed by atoms with E-state index in [-0.39, 0.29) is 0 Å². The highest BCUT2D eigenvalue weighted by atomic mass is 16.5. The van der Waals surface area contributed by atoms with Gasteiger partial charge in [-0.05, 0) is 73.4 Å². The topological polar surface area (TPSA) is 48.7 Å². The number of unbranched alkanes of at least 4 members (excludes halogenated alkanes) is 5. The van der Waals surface area contributed by atoms with Crippen LogP contribution in [0.5, 0.6) is 11.5 Å². The molecule has 0 fully saturated rings. The molecule has 0 aliphatic heterocycles. The number of furan rings is 1. The highest BCUT2D eigenvalue weighted by Crippen LogP contribution is 2.29. The number of ether oxygens (including phenoxy) is 2. The lowest BCUT2D eigenvalue weighted by molar-refractivity contribution is 0.0734. The first-order chi connectivity index (χ1) is 17.7. The number of benzene rings is 3. The van der Waals surface area contributed by atoms with Crippen molar-refractivity contribution in [2.75, 3.05) is 6.61 Å². The van der Waals surface area contributed by atoms with E-state index in [1.807, 2.05) is 30.3 Å². The van der Waals surface area contributed by atoms with Gasteiger partial charge in [0.2, 0.25) is 0 Å². The van der Waals surface area contributed by atoms with Gasteiger partial charge in [0.25, 0.3) is 0 Å². The second-order valence-electron chi connectivity index (χ2n) is 9.29. The summed E-state index contributed by atoms with van der Waals surface area (Å²) in [7, 11) is 0. The first-order valence-electron chi connectivity index (χ1n) is 13.2. The highest BCUT2D eigenvalue weighted by molar-refractivity contribution is 5.96. The molecule has 4 nitrogen and oxygen atoms in total. The van der Waals surface area contributed by atoms with Gasteiger partial charge in [-0.15, -0.1) is 0 Å². The number of hydrogen-bond acceptors (Lipinski definition) is 4. The van der Waals surface area contributed by atoms with Gasteiger partial charge in [-0.1, -0.05) is 70.2 Å². The smallest absolute Gasteiger partial charge is 0.343 e. The molecule has 188 valence electrons. The minimum atomic E-state index is -0.400. The van der Waals surface area contributed by atoms with Crippen LogP contribution < -0.4 is 9.47 Å². The third-order valence-corrected chi connectivity index (χ3v) is 6.36. The maximum absolute atomic E-state index is 12.7. The van der Waals surface area contributed by atoms with E-state index in [0.29, 0.717) is 17.9 Å². The lowest BCUT2D eigenvalue weighted by atomic mass is 10.0. The average molecular weight is 485 g/mol. The molecule has 4 aromatic rings. The van der Waals surface area contributed by atoms with Crippen molar-refractivity contribution in [3.05, 3.63) is 83.9 Å². The second-order valence-corrected chi connectivity index (χ2v) is 9.29. The first-order valence-corrected chi connectivity index (χ1v) is 13.2. The maximum Gasteiger partial charge on any atom is 0.343 e. The molecule has 1 heterocycles. The van der Waals surface area contributed by atoms with Crippen molar-refractivity contribution in [1.82, 2.24) is 0 Å². The van der Waals surface area contributed by atoms with Crippen LogP contribution in [0.1, 0.15) is 74.7 Å². The van der Waals surface area contributed by atoms with Crippen LogP contribution in [-0.4, -0.2) is 12.6 Å². The summed E-state index contributed by atoms with van der Waals surface area (Å²) in [5.41, 5.74) is 3.62. The van der Waals surface area contributed by atoms with E-state index in [4.69, 9.17) is 13.9 Å². The molecule has 0 N–H and O–H groups in total. The molecule has 4 heteroatoms. The van der Waals surface area contributed by atoms with Crippen LogP contribution in [0.25, 0.3) is 22.3 Å². The molecule has 4 rings (SSSR count). The Morgan fingerprint density at radius 1 is 0.750 bits per heavy atom. The second kappa shape index (κ2) is 13.0. The van der Waals surface area contributed by atoms with Crippen molar-refractivity contribution in [2.45, 2.75) is 65.2 Å². The lowest BCUT2D eigenvalue weighted by Gasteiger charge is -2.07. The van der Waals surface area contributed by atoms with E-state index in [1.54, 1.807) is 18.2 Å². The molecule has 36 heavy (non-hydrogen) atoms. The molecule has 0 atom stereocenters. The fraction of sp³-hybridized carbons (Fsp3) is 0.344. The Morgan fingerprint density at radius 3 is 2.22 bits per heavy atom. The molecule has 0 unspecified atom stereocenters. The van der Waals surface area contributed by atoms with E-state index in [9.17, 15) is 4.79 Å². The number of carbonyl (C=O) groups is 1. The number of esters is 1. The Kier molecular flexibility index (Phi) is 9.21. The molecule has 0 aliphatic rings. The third-order valence-electron chi connectivity index (χ3n) is 6.36. The molecule has 0 spiro atoms. The van der Waals surface area contributed by atoms with Crippen LogP contribution in [0.3, 0.4) is 0 Å². The number of rotatable bonds is 13. The van der Waals surface area contributed by atoms with Crippen molar-refractivity contribution in [3.63, 3.8) is 0 Å². The van der Waals surface area contributed by atoms with Crippen molar-refractivity contribution in [3.8, 4) is 22.8 Å². The fourth-order valence-corrected chi connectivity index (χ4v) is 4.19. The van der Waals surface area contributed by atoms with E-state index in [1.165, 1.54) is 37.7 Å². The fourth-order valence-electron chi connectivity index (χ4n) is 4.19. The van der Waals surface area contributed by atoms with Crippen molar-refractivity contribution in [2.24, 2.45) is 0 Å². The summed E-state index contributed by atoms with van der Waals surface area (Å²) >= 11 is 0. The molecule has 0 saturated heterocycles. The zero-order valence-electron chi connectivity index (χ0n) is 21.4. The third kappa shape index (κ3) is 7.00. The summed E-state index contributed by atoms with van der Waals surface area (Å²) < 4.78 is 17.3. The molecular formula is C32H36O4. The van der Waals surface area contributed by atoms with E-state index in [0.717, 1.165) is 47.3 Å². The molecular weight excluding hydrogens is 448 g/mol. The zero-order valence-corrected chi connectivity index (χ0v) is 21.4. The van der Waals surface area contributed by atoms with Crippen molar-refractivity contribution < 1.29 is 18.7 Å². The summed E-state index contributed by atoms with van der Waals surface area (Å²) in [6.45, 7) is 5.06. The lowest BCUT2D eigenvalue weighted by Crippen LogP contribution is -2.08. The summed E-state index contributed by atoms with van der Waals surface area (Å²) in [5, 5.41) is 0.874. The molecule has 0 amide bonds. The number of carbonyl (C=O) groups excluding carboxylic acids is 1. The zero-order chi connectivity index (χ0) is 25.2. The Hall–Kier alpha value is -3.53. The van der Waals surface area contributed by atoms with Crippen molar-refractivity contribution in [1.29, 1.82) is 0 Å². The summed E-state index contributed by atoms with van der Waals surface area (Å²) in [6.07, 6.45) is 9.67. The van der Waals surface area contributed by atoms with Gasteiger partial charge in [-0.3, -0.25) is 0 Å². The molecule has 1 aromatic heterocycles.